The number of amides is 1. The van der Waals surface area contributed by atoms with Crippen molar-refractivity contribution in [1.82, 2.24) is 5.32 Å². The van der Waals surface area contributed by atoms with E-state index in [2.05, 4.69) is 36.3 Å². The van der Waals surface area contributed by atoms with E-state index in [4.69, 9.17) is 0 Å². The molecule has 1 aromatic rings. The monoisotopic (exact) mass is 286 g/mol. The highest BCUT2D eigenvalue weighted by Gasteiger charge is 2.20. The molecular weight excluding hydrogens is 260 g/mol. The zero-order valence-electron chi connectivity index (χ0n) is 13.1. The second-order valence-corrected chi connectivity index (χ2v) is 5.90. The number of benzene rings is 1. The summed E-state index contributed by atoms with van der Waals surface area (Å²) >= 11 is 0. The van der Waals surface area contributed by atoms with Crippen molar-refractivity contribution in [3.05, 3.63) is 42.0 Å². The topological polar surface area (TPSA) is 41.1 Å². The molecule has 0 aliphatic heterocycles. The fourth-order valence-electron chi connectivity index (χ4n) is 3.07. The van der Waals surface area contributed by atoms with E-state index in [1.54, 1.807) is 6.92 Å². The van der Waals surface area contributed by atoms with E-state index in [9.17, 15) is 4.79 Å². The first kappa shape index (κ1) is 15.8. The zero-order chi connectivity index (χ0) is 15.2. The van der Waals surface area contributed by atoms with Crippen molar-refractivity contribution in [2.24, 2.45) is 0 Å². The maximum absolute atomic E-state index is 11.2. The number of hydrogen-bond donors (Lipinski definition) is 2. The van der Waals surface area contributed by atoms with Crippen molar-refractivity contribution in [2.75, 3.05) is 5.32 Å². The number of carbonyl (C=O) groups excluding carboxylic acids is 1. The SMILES string of the molecule is C=CCC(CC)NC1CCc2ccc(NC(C)=O)cc2C1. The Bertz CT molecular complexity index is 510. The first-order chi connectivity index (χ1) is 10.1. The normalized spacial score (nSPS) is 18.7. The van der Waals surface area contributed by atoms with Gasteiger partial charge in [0.25, 0.3) is 0 Å². The molecule has 2 atom stereocenters. The highest BCUT2D eigenvalue weighted by atomic mass is 16.1. The van der Waals surface area contributed by atoms with Crippen LogP contribution >= 0.6 is 0 Å². The lowest BCUT2D eigenvalue weighted by Gasteiger charge is -2.29. The lowest BCUT2D eigenvalue weighted by atomic mass is 9.87. The van der Waals surface area contributed by atoms with Crippen LogP contribution in [-0.4, -0.2) is 18.0 Å². The number of hydrogen-bond acceptors (Lipinski definition) is 2. The van der Waals surface area contributed by atoms with E-state index in [0.29, 0.717) is 12.1 Å². The molecule has 3 nitrogen and oxygen atoms in total. The number of aryl methyl sites for hydroxylation is 1. The first-order valence-corrected chi connectivity index (χ1v) is 7.88. The van der Waals surface area contributed by atoms with Gasteiger partial charge in [-0.2, -0.15) is 0 Å². The maximum atomic E-state index is 11.2. The van der Waals surface area contributed by atoms with Crippen LogP contribution in [0.5, 0.6) is 0 Å². The van der Waals surface area contributed by atoms with Crippen molar-refractivity contribution < 1.29 is 4.79 Å². The molecular formula is C18H26N2O. The summed E-state index contributed by atoms with van der Waals surface area (Å²) < 4.78 is 0. The third-order valence-electron chi connectivity index (χ3n) is 4.17. The summed E-state index contributed by atoms with van der Waals surface area (Å²) in [6.45, 7) is 7.60. The third-order valence-corrected chi connectivity index (χ3v) is 4.17. The van der Waals surface area contributed by atoms with Gasteiger partial charge in [-0.25, -0.2) is 0 Å². The maximum Gasteiger partial charge on any atom is 0.221 e. The predicted molar refractivity (Wildman–Crippen MR) is 88.6 cm³/mol. The summed E-state index contributed by atoms with van der Waals surface area (Å²) in [5.74, 6) is -0.0162. The summed E-state index contributed by atoms with van der Waals surface area (Å²) in [5.41, 5.74) is 3.68. The van der Waals surface area contributed by atoms with Crippen LogP contribution < -0.4 is 10.6 Å². The quantitative estimate of drug-likeness (QED) is 0.786. The lowest BCUT2D eigenvalue weighted by Crippen LogP contribution is -2.41. The number of fused-ring (bicyclic) bond motifs is 1. The van der Waals surface area contributed by atoms with Gasteiger partial charge in [0.1, 0.15) is 0 Å². The van der Waals surface area contributed by atoms with Crippen molar-refractivity contribution >= 4 is 11.6 Å². The lowest BCUT2D eigenvalue weighted by molar-refractivity contribution is -0.114. The Labute approximate surface area is 127 Å². The molecule has 1 aliphatic carbocycles. The van der Waals surface area contributed by atoms with E-state index in [1.807, 2.05) is 12.1 Å². The molecule has 0 heterocycles. The second-order valence-electron chi connectivity index (χ2n) is 5.90. The number of carbonyl (C=O) groups is 1. The molecule has 0 saturated carbocycles. The van der Waals surface area contributed by atoms with Gasteiger partial charge in [-0.3, -0.25) is 4.79 Å². The zero-order valence-corrected chi connectivity index (χ0v) is 13.1. The Hall–Kier alpha value is -1.61. The molecule has 0 saturated heterocycles. The fraction of sp³-hybridized carbons (Fsp3) is 0.500. The average Bonchev–Trinajstić information content (AvgIpc) is 2.45. The van der Waals surface area contributed by atoms with Crippen molar-refractivity contribution in [1.29, 1.82) is 0 Å². The van der Waals surface area contributed by atoms with Gasteiger partial charge in [0.2, 0.25) is 5.91 Å². The van der Waals surface area contributed by atoms with Crippen LogP contribution in [0.4, 0.5) is 5.69 Å². The first-order valence-electron chi connectivity index (χ1n) is 7.88. The molecule has 114 valence electrons. The molecule has 0 fully saturated rings. The van der Waals surface area contributed by atoms with Gasteiger partial charge in [0, 0.05) is 24.7 Å². The van der Waals surface area contributed by atoms with E-state index >= 15 is 0 Å². The Balaban J connectivity index is 2.04. The van der Waals surface area contributed by atoms with Gasteiger partial charge in [0.05, 0.1) is 0 Å². The molecule has 1 aliphatic rings. The third kappa shape index (κ3) is 4.43. The van der Waals surface area contributed by atoms with Crippen LogP contribution in [0, 0.1) is 0 Å². The van der Waals surface area contributed by atoms with Crippen LogP contribution in [0.25, 0.3) is 0 Å². The number of anilines is 1. The fourth-order valence-corrected chi connectivity index (χ4v) is 3.07. The van der Waals surface area contributed by atoms with E-state index in [-0.39, 0.29) is 5.91 Å². The average molecular weight is 286 g/mol. The molecule has 1 aromatic carbocycles. The Morgan fingerprint density at radius 1 is 1.48 bits per heavy atom. The summed E-state index contributed by atoms with van der Waals surface area (Å²) in [4.78, 5) is 11.2. The van der Waals surface area contributed by atoms with E-state index in [1.165, 1.54) is 17.5 Å². The summed E-state index contributed by atoms with van der Waals surface area (Å²) in [6.07, 6.45) is 7.47. The molecule has 2 unspecified atom stereocenters. The second kappa shape index (κ2) is 7.41. The van der Waals surface area contributed by atoms with Crippen LogP contribution in [-0.2, 0) is 17.6 Å². The van der Waals surface area contributed by atoms with Crippen molar-refractivity contribution in [3.8, 4) is 0 Å². The summed E-state index contributed by atoms with van der Waals surface area (Å²) in [6, 6.07) is 7.32. The number of rotatable bonds is 6. The predicted octanol–water partition coefficient (Wildman–Crippen LogP) is 3.45. The van der Waals surface area contributed by atoms with Crippen LogP contribution in [0.2, 0.25) is 0 Å². The van der Waals surface area contributed by atoms with Crippen LogP contribution in [0.1, 0.15) is 44.2 Å². The standard InChI is InChI=1S/C18H26N2O/c1-4-6-16(5-2)20-18-10-8-14-7-9-17(19-13(3)21)11-15(14)12-18/h4,7,9,11,16,18,20H,1,5-6,8,10,12H2,2-3H3,(H,19,21). The largest absolute Gasteiger partial charge is 0.326 e. The van der Waals surface area contributed by atoms with Crippen molar-refractivity contribution in [3.63, 3.8) is 0 Å². The van der Waals surface area contributed by atoms with E-state index < -0.39 is 0 Å². The van der Waals surface area contributed by atoms with Crippen LogP contribution in [0.15, 0.2) is 30.9 Å². The molecule has 21 heavy (non-hydrogen) atoms. The Morgan fingerprint density at radius 3 is 2.95 bits per heavy atom. The van der Waals surface area contributed by atoms with Crippen LogP contribution in [0.3, 0.4) is 0 Å². The molecule has 1 amide bonds. The minimum absolute atomic E-state index is 0.0162. The number of nitrogens with one attached hydrogen (secondary N) is 2. The smallest absolute Gasteiger partial charge is 0.221 e. The van der Waals surface area contributed by atoms with Gasteiger partial charge in [-0.1, -0.05) is 19.1 Å². The molecule has 0 aromatic heterocycles. The molecule has 2 rings (SSSR count). The molecule has 2 N–H and O–H groups in total. The van der Waals surface area contributed by atoms with Gasteiger partial charge < -0.3 is 10.6 Å². The summed E-state index contributed by atoms with van der Waals surface area (Å²) in [7, 11) is 0. The minimum atomic E-state index is -0.0162. The molecule has 0 spiro atoms. The Kier molecular flexibility index (Phi) is 5.57. The Morgan fingerprint density at radius 2 is 2.29 bits per heavy atom. The van der Waals surface area contributed by atoms with Gasteiger partial charge >= 0.3 is 0 Å². The molecule has 0 bridgehead atoms. The van der Waals surface area contributed by atoms with Gasteiger partial charge in [-0.05, 0) is 55.4 Å². The highest BCUT2D eigenvalue weighted by Crippen LogP contribution is 2.25. The molecule has 0 radical (unpaired) electrons. The minimum Gasteiger partial charge on any atom is -0.326 e. The van der Waals surface area contributed by atoms with Gasteiger partial charge in [0.15, 0.2) is 0 Å². The van der Waals surface area contributed by atoms with Crippen molar-refractivity contribution in [2.45, 2.75) is 58.0 Å². The molecule has 3 heteroatoms. The van der Waals surface area contributed by atoms with E-state index in [0.717, 1.165) is 31.4 Å². The highest BCUT2D eigenvalue weighted by molar-refractivity contribution is 5.88. The van der Waals surface area contributed by atoms with Gasteiger partial charge in [-0.15, -0.1) is 6.58 Å². The summed E-state index contributed by atoms with van der Waals surface area (Å²) in [5, 5.41) is 6.62.